The number of hydrogen-bond acceptors (Lipinski definition) is 6. The van der Waals surface area contributed by atoms with Gasteiger partial charge in [0, 0.05) is 24.5 Å². The first-order chi connectivity index (χ1) is 15.0. The van der Waals surface area contributed by atoms with E-state index in [1.807, 2.05) is 6.92 Å². The van der Waals surface area contributed by atoms with E-state index in [2.05, 4.69) is 15.7 Å². The van der Waals surface area contributed by atoms with Crippen LogP contribution in [0.15, 0.2) is 59.4 Å². The van der Waals surface area contributed by atoms with Crippen LogP contribution in [-0.2, 0) is 16.1 Å². The van der Waals surface area contributed by atoms with Gasteiger partial charge in [-0.25, -0.2) is 14.3 Å². The van der Waals surface area contributed by atoms with Gasteiger partial charge in [0.1, 0.15) is 0 Å². The number of carbonyl (C=O) groups excluding carboxylic acids is 3. The number of nitrogens with one attached hydrogen (secondary N) is 2. The Balaban J connectivity index is 2.03. The smallest absolute Gasteiger partial charge is 0.360 e. The topological polar surface area (TPSA) is 119 Å². The molecule has 160 valence electrons. The molecule has 0 bridgehead atoms. The minimum Gasteiger partial charge on any atom is -0.442 e. The molecule has 3 rings (SSSR count). The van der Waals surface area contributed by atoms with Crippen molar-refractivity contribution >= 4 is 28.7 Å². The lowest BCUT2D eigenvalue weighted by Gasteiger charge is -2.18. The van der Waals surface area contributed by atoms with Crippen molar-refractivity contribution in [2.75, 3.05) is 7.05 Å². The summed E-state index contributed by atoms with van der Waals surface area (Å²) in [5.41, 5.74) is -0.0215. The predicted molar refractivity (Wildman–Crippen MR) is 113 cm³/mol. The lowest BCUT2D eigenvalue weighted by molar-refractivity contribution is -0.129. The van der Waals surface area contributed by atoms with Crippen LogP contribution in [-0.4, -0.2) is 34.7 Å². The molecule has 2 N–H and O–H groups in total. The number of nitrogens with zero attached hydrogens (tertiary/aromatic N) is 2. The van der Waals surface area contributed by atoms with Gasteiger partial charge in [0.2, 0.25) is 6.10 Å². The molecule has 31 heavy (non-hydrogen) atoms. The zero-order valence-electron chi connectivity index (χ0n) is 17.1. The van der Waals surface area contributed by atoms with E-state index in [-0.39, 0.29) is 11.3 Å². The Morgan fingerprint density at radius 3 is 2.32 bits per heavy atom. The first-order valence-corrected chi connectivity index (χ1v) is 9.74. The van der Waals surface area contributed by atoms with Crippen LogP contribution in [0.1, 0.15) is 35.5 Å². The maximum atomic E-state index is 13.1. The molecule has 1 heterocycles. The number of esters is 1. The van der Waals surface area contributed by atoms with Crippen molar-refractivity contribution in [1.29, 1.82) is 0 Å². The molecule has 1 unspecified atom stereocenters. The molecule has 0 aliphatic rings. The number of amides is 3. The van der Waals surface area contributed by atoms with Gasteiger partial charge in [-0.1, -0.05) is 55.5 Å². The summed E-state index contributed by atoms with van der Waals surface area (Å²) in [5.74, 6) is -1.70. The van der Waals surface area contributed by atoms with E-state index in [4.69, 9.17) is 4.74 Å². The maximum absolute atomic E-state index is 13.1. The van der Waals surface area contributed by atoms with Crippen LogP contribution in [0.4, 0.5) is 4.79 Å². The number of fused-ring (bicyclic) bond motifs is 1. The lowest BCUT2D eigenvalue weighted by atomic mass is 10.1. The normalized spacial score (nSPS) is 11.5. The molecular weight excluding hydrogens is 400 g/mol. The van der Waals surface area contributed by atoms with Crippen LogP contribution in [0.25, 0.3) is 10.8 Å². The third-order valence-electron chi connectivity index (χ3n) is 4.53. The summed E-state index contributed by atoms with van der Waals surface area (Å²) in [5, 5.41) is 9.24. The minimum absolute atomic E-state index is 0.0858. The average molecular weight is 422 g/mol. The summed E-state index contributed by atoms with van der Waals surface area (Å²) in [6.07, 6.45) is -0.751. The summed E-state index contributed by atoms with van der Waals surface area (Å²) < 4.78 is 6.71. The summed E-state index contributed by atoms with van der Waals surface area (Å²) in [6.45, 7) is 2.21. The SMILES string of the molecule is CCCn1nc(C(=O)OC(C(=O)NC(=O)NC)c2ccccc2)c2ccccc2c1=O. The van der Waals surface area contributed by atoms with Crippen LogP contribution in [0.5, 0.6) is 0 Å². The summed E-state index contributed by atoms with van der Waals surface area (Å²) >= 11 is 0. The zero-order valence-corrected chi connectivity index (χ0v) is 17.1. The Bertz CT molecular complexity index is 1170. The van der Waals surface area contributed by atoms with Crippen LogP contribution in [0.2, 0.25) is 0 Å². The third kappa shape index (κ3) is 4.77. The number of imide groups is 1. The summed E-state index contributed by atoms with van der Waals surface area (Å²) in [4.78, 5) is 50.0. The van der Waals surface area contributed by atoms with E-state index in [0.717, 1.165) is 0 Å². The van der Waals surface area contributed by atoms with Crippen molar-refractivity contribution in [2.45, 2.75) is 26.0 Å². The fraction of sp³-hybridized carbons (Fsp3) is 0.227. The number of benzene rings is 2. The van der Waals surface area contributed by atoms with Gasteiger partial charge < -0.3 is 10.1 Å². The van der Waals surface area contributed by atoms with Crippen molar-refractivity contribution in [3.05, 3.63) is 76.2 Å². The van der Waals surface area contributed by atoms with E-state index in [1.165, 1.54) is 11.7 Å². The molecule has 0 radical (unpaired) electrons. The van der Waals surface area contributed by atoms with E-state index >= 15 is 0 Å². The molecule has 9 nitrogen and oxygen atoms in total. The van der Waals surface area contributed by atoms with Gasteiger partial charge in [0.25, 0.3) is 11.5 Å². The van der Waals surface area contributed by atoms with Gasteiger partial charge in [-0.3, -0.25) is 14.9 Å². The lowest BCUT2D eigenvalue weighted by Crippen LogP contribution is -2.41. The van der Waals surface area contributed by atoms with E-state index in [9.17, 15) is 19.2 Å². The van der Waals surface area contributed by atoms with Crippen molar-refractivity contribution in [3.63, 3.8) is 0 Å². The molecule has 1 atom stereocenters. The first kappa shape index (κ1) is 21.7. The standard InChI is InChI=1S/C22H22N4O5/c1-3-13-26-20(28)16-12-8-7-11-15(16)17(25-26)21(29)31-18(14-9-5-4-6-10-14)19(27)24-22(30)23-2/h4-12,18H,3,13H2,1-2H3,(H2,23,24,27,30). The highest BCUT2D eigenvalue weighted by atomic mass is 16.5. The Morgan fingerprint density at radius 1 is 1.03 bits per heavy atom. The van der Waals surface area contributed by atoms with Crippen LogP contribution in [0.3, 0.4) is 0 Å². The highest BCUT2D eigenvalue weighted by molar-refractivity contribution is 6.04. The number of aromatic nitrogens is 2. The first-order valence-electron chi connectivity index (χ1n) is 9.74. The molecule has 2 aromatic carbocycles. The van der Waals surface area contributed by atoms with Gasteiger partial charge in [-0.2, -0.15) is 5.10 Å². The number of rotatable bonds is 6. The Hall–Kier alpha value is -4.01. The predicted octanol–water partition coefficient (Wildman–Crippen LogP) is 2.16. The average Bonchev–Trinajstić information content (AvgIpc) is 2.79. The molecule has 3 amide bonds. The largest absolute Gasteiger partial charge is 0.442 e. The monoisotopic (exact) mass is 422 g/mol. The van der Waals surface area contributed by atoms with Crippen LogP contribution < -0.4 is 16.2 Å². The number of hydrogen-bond donors (Lipinski definition) is 2. The second-order valence-corrected chi connectivity index (χ2v) is 6.69. The van der Waals surface area contributed by atoms with E-state index < -0.39 is 24.0 Å². The highest BCUT2D eigenvalue weighted by Gasteiger charge is 2.29. The fourth-order valence-electron chi connectivity index (χ4n) is 3.05. The molecular formula is C22H22N4O5. The molecule has 1 aromatic heterocycles. The molecule has 0 aliphatic heterocycles. The molecule has 0 aliphatic carbocycles. The van der Waals surface area contributed by atoms with Crippen LogP contribution in [0, 0.1) is 0 Å². The molecule has 0 saturated heterocycles. The second-order valence-electron chi connectivity index (χ2n) is 6.69. The Labute approximate surface area is 178 Å². The Kier molecular flexibility index (Phi) is 6.76. The fourth-order valence-corrected chi connectivity index (χ4v) is 3.05. The van der Waals surface area contributed by atoms with Gasteiger partial charge in [0.15, 0.2) is 5.69 Å². The third-order valence-corrected chi connectivity index (χ3v) is 4.53. The van der Waals surface area contributed by atoms with Gasteiger partial charge >= 0.3 is 12.0 Å². The number of carbonyl (C=O) groups is 3. The minimum atomic E-state index is -1.39. The van der Waals surface area contributed by atoms with Crippen molar-refractivity contribution in [1.82, 2.24) is 20.4 Å². The molecule has 0 fully saturated rings. The molecule has 0 saturated carbocycles. The number of urea groups is 1. The van der Waals surface area contributed by atoms with Gasteiger partial charge in [0.05, 0.1) is 5.39 Å². The van der Waals surface area contributed by atoms with Crippen LogP contribution >= 0.6 is 0 Å². The van der Waals surface area contributed by atoms with E-state index in [0.29, 0.717) is 29.3 Å². The number of aryl methyl sites for hydroxylation is 1. The van der Waals surface area contributed by atoms with Crippen molar-refractivity contribution in [3.8, 4) is 0 Å². The zero-order chi connectivity index (χ0) is 22.4. The summed E-state index contributed by atoms with van der Waals surface area (Å²) in [7, 11) is 1.36. The van der Waals surface area contributed by atoms with Crippen molar-refractivity contribution in [2.24, 2.45) is 0 Å². The molecule has 9 heteroatoms. The van der Waals surface area contributed by atoms with Gasteiger partial charge in [-0.15, -0.1) is 0 Å². The number of ether oxygens (including phenoxy) is 1. The second kappa shape index (κ2) is 9.66. The summed E-state index contributed by atoms with van der Waals surface area (Å²) in [6, 6.07) is 14.1. The van der Waals surface area contributed by atoms with Crippen molar-refractivity contribution < 1.29 is 19.1 Å². The highest BCUT2D eigenvalue weighted by Crippen LogP contribution is 2.21. The molecule has 0 spiro atoms. The van der Waals surface area contributed by atoms with Gasteiger partial charge in [-0.05, 0) is 12.5 Å². The maximum Gasteiger partial charge on any atom is 0.360 e. The quantitative estimate of drug-likeness (QED) is 0.588. The molecule has 3 aromatic rings. The van der Waals surface area contributed by atoms with E-state index in [1.54, 1.807) is 54.6 Å². The Morgan fingerprint density at radius 2 is 1.68 bits per heavy atom.